The second kappa shape index (κ2) is 11.8. The van der Waals surface area contributed by atoms with Gasteiger partial charge in [-0.15, -0.1) is 0 Å². The van der Waals surface area contributed by atoms with Crippen LogP contribution in [0.5, 0.6) is 5.75 Å². The summed E-state index contributed by atoms with van der Waals surface area (Å²) in [6.45, 7) is 5.69. The number of ether oxygens (including phenoxy) is 5. The van der Waals surface area contributed by atoms with E-state index in [0.29, 0.717) is 37.3 Å². The molecule has 12 heteroatoms. The molecule has 0 bridgehead atoms. The Morgan fingerprint density at radius 2 is 1.68 bits per heavy atom. The Hall–Kier alpha value is -2.73. The van der Waals surface area contributed by atoms with Crippen LogP contribution in [0.4, 0.5) is 22.8 Å². The zero-order valence-electron chi connectivity index (χ0n) is 21.6. The number of nitrogens with zero attached hydrogens (tertiary/aromatic N) is 2. The fourth-order valence-electron chi connectivity index (χ4n) is 4.12. The third-order valence-corrected chi connectivity index (χ3v) is 6.14. The second-order valence-electron chi connectivity index (χ2n) is 10.2. The van der Waals surface area contributed by atoms with Gasteiger partial charge in [0.2, 0.25) is 6.10 Å². The maximum Gasteiger partial charge on any atom is 0.427 e. The number of amides is 2. The normalized spacial score (nSPS) is 18.9. The highest BCUT2D eigenvalue weighted by Crippen LogP contribution is 2.32. The number of likely N-dealkylation sites (tertiary alicyclic amines) is 1. The largest absolute Gasteiger partial charge is 0.497 e. The first kappa shape index (κ1) is 28.8. The van der Waals surface area contributed by atoms with Crippen molar-refractivity contribution in [1.82, 2.24) is 9.80 Å². The SMILES string of the molecule is COc1ccc(COC[C@@H](OC(=O)N2CCC3(CC2)CN(C(=O)OC(C)(C)C)CCO3)C(F)(F)F)cc1. The van der Waals surface area contributed by atoms with Crippen molar-refractivity contribution in [3.05, 3.63) is 29.8 Å². The van der Waals surface area contributed by atoms with Crippen LogP contribution in [-0.2, 0) is 25.6 Å². The molecule has 9 nitrogen and oxygen atoms in total. The number of alkyl halides is 3. The van der Waals surface area contributed by atoms with Gasteiger partial charge >= 0.3 is 18.4 Å². The molecule has 37 heavy (non-hydrogen) atoms. The van der Waals surface area contributed by atoms with Crippen molar-refractivity contribution in [3.8, 4) is 5.75 Å². The maximum absolute atomic E-state index is 13.5. The van der Waals surface area contributed by atoms with Crippen molar-refractivity contribution in [3.63, 3.8) is 0 Å². The average molecular weight is 533 g/mol. The van der Waals surface area contributed by atoms with Gasteiger partial charge < -0.3 is 33.5 Å². The van der Waals surface area contributed by atoms with Crippen LogP contribution in [0.15, 0.2) is 24.3 Å². The van der Waals surface area contributed by atoms with Crippen LogP contribution in [-0.4, -0.2) is 92.0 Å². The van der Waals surface area contributed by atoms with Crippen molar-refractivity contribution in [1.29, 1.82) is 0 Å². The lowest BCUT2D eigenvalue weighted by Gasteiger charge is -2.47. The van der Waals surface area contributed by atoms with Crippen molar-refractivity contribution in [2.24, 2.45) is 0 Å². The molecule has 1 aromatic rings. The van der Waals surface area contributed by atoms with Crippen molar-refractivity contribution >= 4 is 12.2 Å². The molecule has 0 aliphatic carbocycles. The van der Waals surface area contributed by atoms with Crippen LogP contribution in [0.2, 0.25) is 0 Å². The summed E-state index contributed by atoms with van der Waals surface area (Å²) in [6.07, 6.45) is -7.99. The summed E-state index contributed by atoms with van der Waals surface area (Å²) in [7, 11) is 1.51. The summed E-state index contributed by atoms with van der Waals surface area (Å²) in [4.78, 5) is 27.8. The quantitative estimate of drug-likeness (QED) is 0.538. The minimum absolute atomic E-state index is 0.0775. The minimum atomic E-state index is -4.78. The summed E-state index contributed by atoms with van der Waals surface area (Å²) >= 11 is 0. The highest BCUT2D eigenvalue weighted by molar-refractivity contribution is 5.69. The summed E-state index contributed by atoms with van der Waals surface area (Å²) in [5.74, 6) is 0.616. The Labute approximate surface area is 214 Å². The van der Waals surface area contributed by atoms with Crippen LogP contribution >= 0.6 is 0 Å². The predicted molar refractivity (Wildman–Crippen MR) is 126 cm³/mol. The zero-order chi connectivity index (χ0) is 27.3. The molecule has 0 unspecified atom stereocenters. The van der Waals surface area contributed by atoms with Gasteiger partial charge in [0, 0.05) is 19.6 Å². The molecule has 0 radical (unpaired) electrons. The van der Waals surface area contributed by atoms with E-state index in [1.54, 1.807) is 49.9 Å². The Kier molecular flexibility index (Phi) is 9.17. The smallest absolute Gasteiger partial charge is 0.427 e. The van der Waals surface area contributed by atoms with Gasteiger partial charge in [0.05, 0.1) is 39.1 Å². The van der Waals surface area contributed by atoms with E-state index in [9.17, 15) is 22.8 Å². The third-order valence-electron chi connectivity index (χ3n) is 6.14. The number of hydrogen-bond donors (Lipinski definition) is 0. The van der Waals surface area contributed by atoms with Crippen LogP contribution in [0.3, 0.4) is 0 Å². The fourth-order valence-corrected chi connectivity index (χ4v) is 4.12. The average Bonchev–Trinajstić information content (AvgIpc) is 2.82. The Balaban J connectivity index is 1.50. The number of carbonyl (C=O) groups is 2. The lowest BCUT2D eigenvalue weighted by molar-refractivity contribution is -0.220. The molecule has 0 N–H and O–H groups in total. The predicted octanol–water partition coefficient (Wildman–Crippen LogP) is 4.38. The minimum Gasteiger partial charge on any atom is -0.497 e. The van der Waals surface area contributed by atoms with E-state index in [2.05, 4.69) is 0 Å². The molecule has 2 heterocycles. The first-order valence-electron chi connectivity index (χ1n) is 12.2. The van der Waals surface area contributed by atoms with Gasteiger partial charge in [-0.3, -0.25) is 0 Å². The van der Waals surface area contributed by atoms with Gasteiger partial charge in [-0.2, -0.15) is 13.2 Å². The number of piperidine rings is 1. The van der Waals surface area contributed by atoms with E-state index in [4.69, 9.17) is 23.7 Å². The number of morpholine rings is 1. The first-order valence-corrected chi connectivity index (χ1v) is 12.2. The van der Waals surface area contributed by atoms with Crippen molar-refractivity contribution in [2.45, 2.75) is 63.7 Å². The van der Waals surface area contributed by atoms with Crippen LogP contribution < -0.4 is 4.74 Å². The second-order valence-corrected chi connectivity index (χ2v) is 10.2. The summed E-state index contributed by atoms with van der Waals surface area (Å²) in [6, 6.07) is 6.69. The monoisotopic (exact) mass is 532 g/mol. The van der Waals surface area contributed by atoms with E-state index < -0.39 is 42.3 Å². The topological polar surface area (TPSA) is 86.8 Å². The molecule has 1 atom stereocenters. The van der Waals surface area contributed by atoms with E-state index in [1.165, 1.54) is 12.0 Å². The van der Waals surface area contributed by atoms with Gasteiger partial charge in [0.1, 0.15) is 11.4 Å². The molecule has 1 spiro atoms. The summed E-state index contributed by atoms with van der Waals surface area (Å²) in [5, 5.41) is 0. The van der Waals surface area contributed by atoms with Crippen LogP contribution in [0.25, 0.3) is 0 Å². The molecule has 2 amide bonds. The Bertz CT molecular complexity index is 910. The van der Waals surface area contributed by atoms with Gasteiger partial charge in [-0.1, -0.05) is 12.1 Å². The molecule has 208 valence electrons. The highest BCUT2D eigenvalue weighted by atomic mass is 19.4. The molecule has 2 aliphatic rings. The molecule has 0 saturated carbocycles. The first-order chi connectivity index (χ1) is 17.3. The van der Waals surface area contributed by atoms with Gasteiger partial charge in [0.25, 0.3) is 0 Å². The molecule has 2 fully saturated rings. The molecule has 2 aliphatic heterocycles. The molecule has 2 saturated heterocycles. The summed E-state index contributed by atoms with van der Waals surface area (Å²) < 4.78 is 67.0. The molecular formula is C25H35F3N2O7. The number of methoxy groups -OCH3 is 1. The highest BCUT2D eigenvalue weighted by Gasteiger charge is 2.46. The van der Waals surface area contributed by atoms with E-state index in [1.807, 2.05) is 0 Å². The van der Waals surface area contributed by atoms with Gasteiger partial charge in [-0.05, 0) is 51.3 Å². The van der Waals surface area contributed by atoms with Gasteiger partial charge in [-0.25, -0.2) is 9.59 Å². The van der Waals surface area contributed by atoms with E-state index in [-0.39, 0.29) is 26.2 Å². The molecule has 1 aromatic carbocycles. The number of benzene rings is 1. The van der Waals surface area contributed by atoms with Crippen molar-refractivity contribution in [2.75, 3.05) is 46.5 Å². The lowest BCUT2D eigenvalue weighted by Crippen LogP contribution is -2.59. The van der Waals surface area contributed by atoms with Gasteiger partial charge in [0.15, 0.2) is 0 Å². The maximum atomic E-state index is 13.5. The molecular weight excluding hydrogens is 497 g/mol. The number of carbonyl (C=O) groups excluding carboxylic acids is 2. The molecule has 3 rings (SSSR count). The van der Waals surface area contributed by atoms with Crippen LogP contribution in [0.1, 0.15) is 39.2 Å². The Morgan fingerprint density at radius 3 is 2.24 bits per heavy atom. The summed E-state index contributed by atoms with van der Waals surface area (Å²) in [5.41, 5.74) is -0.665. The number of halogens is 3. The number of hydrogen-bond acceptors (Lipinski definition) is 7. The molecule has 0 aromatic heterocycles. The van der Waals surface area contributed by atoms with Crippen LogP contribution in [0, 0.1) is 0 Å². The number of rotatable bonds is 6. The third kappa shape index (κ3) is 8.39. The van der Waals surface area contributed by atoms with Crippen molar-refractivity contribution < 1.29 is 46.4 Å². The standard InChI is InChI=1S/C25H35F3N2O7/c1-23(2,3)37-22(32)30-13-14-35-24(17-30)9-11-29(12-10-24)21(31)36-20(25(26,27)28)16-34-15-18-5-7-19(33-4)8-6-18/h5-8,20H,9-17H2,1-4H3/t20-/m1/s1. The lowest BCUT2D eigenvalue weighted by atomic mass is 9.89. The fraction of sp³-hybridized carbons (Fsp3) is 0.680. The zero-order valence-corrected chi connectivity index (χ0v) is 21.6. The van der Waals surface area contributed by atoms with E-state index >= 15 is 0 Å². The van der Waals surface area contributed by atoms with E-state index in [0.717, 1.165) is 0 Å². The Morgan fingerprint density at radius 1 is 1.03 bits per heavy atom.